The van der Waals surface area contributed by atoms with Crippen LogP contribution in [0.3, 0.4) is 0 Å². The van der Waals surface area contributed by atoms with Crippen LogP contribution in [0.2, 0.25) is 0 Å². The van der Waals surface area contributed by atoms with E-state index in [-0.39, 0.29) is 11.2 Å². The van der Waals surface area contributed by atoms with E-state index < -0.39 is 0 Å². The van der Waals surface area contributed by atoms with Gasteiger partial charge in [0.05, 0.1) is 0 Å². The highest BCUT2D eigenvalue weighted by atomic mass is 19.1. The van der Waals surface area contributed by atoms with Crippen molar-refractivity contribution >= 4 is 28.2 Å². The molecule has 1 fully saturated rings. The minimum Gasteiger partial charge on any atom is -0.441 e. The van der Waals surface area contributed by atoms with Crippen LogP contribution in [-0.2, 0) is 11.8 Å². The van der Waals surface area contributed by atoms with E-state index in [1.807, 2.05) is 42.5 Å². The van der Waals surface area contributed by atoms with Crippen molar-refractivity contribution in [3.63, 3.8) is 0 Å². The molecular weight excluding hydrogens is 377 g/mol. The molecule has 0 saturated heterocycles. The summed E-state index contributed by atoms with van der Waals surface area (Å²) >= 11 is 0. The van der Waals surface area contributed by atoms with Crippen molar-refractivity contribution in [1.82, 2.24) is 4.98 Å². The topological polar surface area (TPSA) is 43.1 Å². The second-order valence-corrected chi connectivity index (χ2v) is 8.47. The Labute approximate surface area is 174 Å². The van der Waals surface area contributed by atoms with Gasteiger partial charge in [-0.1, -0.05) is 49.6 Å². The first-order valence-electron chi connectivity index (χ1n) is 10.7. The number of aromatic nitrogens is 1. The Morgan fingerprint density at radius 1 is 1.00 bits per heavy atom. The second-order valence-electron chi connectivity index (χ2n) is 8.47. The van der Waals surface area contributed by atoms with E-state index in [1.54, 1.807) is 12.1 Å². The van der Waals surface area contributed by atoms with Gasteiger partial charge in [0.1, 0.15) is 17.6 Å². The number of oxazole rings is 1. The molecule has 0 bridgehead atoms. The zero-order valence-corrected chi connectivity index (χ0v) is 16.9. The first-order valence-corrected chi connectivity index (χ1v) is 10.7. The molecule has 0 spiro atoms. The smallest absolute Gasteiger partial charge is 0.195 e. The van der Waals surface area contributed by atoms with Gasteiger partial charge in [0, 0.05) is 17.4 Å². The van der Waals surface area contributed by atoms with E-state index in [0.29, 0.717) is 5.56 Å². The molecule has 0 aliphatic heterocycles. The average molecular weight is 401 g/mol. The molecule has 4 aromatic rings. The van der Waals surface area contributed by atoms with Crippen molar-refractivity contribution in [3.05, 3.63) is 77.4 Å². The Kier molecular flexibility index (Phi) is 4.86. The monoisotopic (exact) mass is 401 g/mol. The summed E-state index contributed by atoms with van der Waals surface area (Å²) in [4.78, 5) is 15.9. The molecule has 1 aliphatic carbocycles. The predicted molar refractivity (Wildman–Crippen MR) is 116 cm³/mol. The number of fused-ring (bicyclic) bond motifs is 3. The molecule has 0 amide bonds. The van der Waals surface area contributed by atoms with E-state index >= 15 is 0 Å². The molecule has 3 nitrogen and oxygen atoms in total. The van der Waals surface area contributed by atoms with Gasteiger partial charge in [0.2, 0.25) is 0 Å². The molecule has 1 saturated carbocycles. The number of nitrogens with zero attached hydrogens (tertiary/aromatic N) is 1. The molecule has 0 radical (unpaired) electrons. The summed E-state index contributed by atoms with van der Waals surface area (Å²) < 4.78 is 19.6. The maximum absolute atomic E-state index is 13.5. The minimum absolute atomic E-state index is 0.0630. The number of carbonyl (C=O) groups excluding carboxylic acids is 1. The number of hydrogen-bond donors (Lipinski definition) is 0. The first kappa shape index (κ1) is 19.0. The molecule has 152 valence electrons. The molecule has 5 rings (SSSR count). The number of carbonyl (C=O) groups is 1. The summed E-state index contributed by atoms with van der Waals surface area (Å²) in [5.74, 6) is 0.553. The Morgan fingerprint density at radius 3 is 2.57 bits per heavy atom. The third-order valence-electron chi connectivity index (χ3n) is 6.66. The third-order valence-corrected chi connectivity index (χ3v) is 6.66. The maximum atomic E-state index is 13.5. The van der Waals surface area contributed by atoms with Crippen molar-refractivity contribution in [2.45, 2.75) is 50.4 Å². The molecule has 0 N–H and O–H groups in total. The summed E-state index contributed by atoms with van der Waals surface area (Å²) in [6.45, 7) is 0. The predicted octanol–water partition coefficient (Wildman–Crippen LogP) is 6.77. The third kappa shape index (κ3) is 3.41. The largest absolute Gasteiger partial charge is 0.441 e. The zero-order chi connectivity index (χ0) is 20.6. The maximum Gasteiger partial charge on any atom is 0.195 e. The van der Waals surface area contributed by atoms with Crippen LogP contribution in [0.1, 0.15) is 60.3 Å². The van der Waals surface area contributed by atoms with Crippen LogP contribution in [0.15, 0.2) is 59.0 Å². The summed E-state index contributed by atoms with van der Waals surface area (Å²) in [5, 5.41) is 1.99. The second kappa shape index (κ2) is 7.67. The number of aldehydes is 1. The summed E-state index contributed by atoms with van der Waals surface area (Å²) in [6, 6.07) is 16.6. The lowest BCUT2D eigenvalue weighted by Gasteiger charge is -2.38. The fourth-order valence-electron chi connectivity index (χ4n) is 5.03. The number of aryl methyl sites for hydroxylation is 1. The molecular formula is C26H24FNO2. The van der Waals surface area contributed by atoms with Crippen LogP contribution in [0, 0.1) is 5.82 Å². The highest BCUT2D eigenvalue weighted by Crippen LogP contribution is 2.43. The number of rotatable bonds is 5. The van der Waals surface area contributed by atoms with Crippen LogP contribution in [0.25, 0.3) is 21.9 Å². The van der Waals surface area contributed by atoms with E-state index in [0.717, 1.165) is 59.7 Å². The lowest BCUT2D eigenvalue weighted by molar-refractivity contribution is 0.112. The van der Waals surface area contributed by atoms with E-state index in [4.69, 9.17) is 9.40 Å². The fraction of sp³-hybridized carbons (Fsp3) is 0.308. The Bertz CT molecular complexity index is 1200. The highest BCUT2D eigenvalue weighted by molar-refractivity contribution is 6.04. The molecule has 1 aliphatic rings. The summed E-state index contributed by atoms with van der Waals surface area (Å²) in [5.41, 5.74) is 3.57. The molecule has 4 heteroatoms. The van der Waals surface area contributed by atoms with E-state index in [9.17, 15) is 9.18 Å². The van der Waals surface area contributed by atoms with Crippen molar-refractivity contribution in [2.24, 2.45) is 0 Å². The van der Waals surface area contributed by atoms with Crippen molar-refractivity contribution in [3.8, 4) is 0 Å². The van der Waals surface area contributed by atoms with Crippen LogP contribution in [0.4, 0.5) is 4.39 Å². The van der Waals surface area contributed by atoms with Crippen LogP contribution >= 0.6 is 0 Å². The standard InChI is InChI=1S/C26H24FNO2/c27-21-8-6-20(7-9-21)26(13-2-1-3-14-26)15-12-24-28-25-22-10-4-18(17-29)16-19(22)5-11-23(25)30-24/h4-11,16-17H,1-3,12-15H2. The van der Waals surface area contributed by atoms with Gasteiger partial charge in [-0.05, 0) is 59.9 Å². The average Bonchev–Trinajstić information content (AvgIpc) is 3.22. The Balaban J connectivity index is 1.46. The number of halogens is 1. The van der Waals surface area contributed by atoms with Gasteiger partial charge in [0.15, 0.2) is 11.5 Å². The summed E-state index contributed by atoms with van der Waals surface area (Å²) in [6.07, 6.45) is 8.46. The molecule has 30 heavy (non-hydrogen) atoms. The SMILES string of the molecule is O=Cc1ccc2c(ccc3oc(CCC4(c5ccc(F)cc5)CCCCC4)nc32)c1. The number of hydrogen-bond acceptors (Lipinski definition) is 3. The highest BCUT2D eigenvalue weighted by Gasteiger charge is 2.34. The van der Waals surface area contributed by atoms with Gasteiger partial charge >= 0.3 is 0 Å². The molecule has 3 aromatic carbocycles. The van der Waals surface area contributed by atoms with Crippen LogP contribution in [-0.4, -0.2) is 11.3 Å². The van der Waals surface area contributed by atoms with Gasteiger partial charge in [0.25, 0.3) is 0 Å². The molecule has 1 heterocycles. The first-order chi connectivity index (χ1) is 14.7. The van der Waals surface area contributed by atoms with Gasteiger partial charge in [-0.25, -0.2) is 9.37 Å². The molecule has 0 atom stereocenters. The normalized spacial score (nSPS) is 16.2. The van der Waals surface area contributed by atoms with Gasteiger partial charge in [-0.2, -0.15) is 0 Å². The Morgan fingerprint density at radius 2 is 1.80 bits per heavy atom. The van der Waals surface area contributed by atoms with Gasteiger partial charge in [-0.3, -0.25) is 4.79 Å². The van der Waals surface area contributed by atoms with Gasteiger partial charge < -0.3 is 4.42 Å². The van der Waals surface area contributed by atoms with E-state index in [2.05, 4.69) is 0 Å². The minimum atomic E-state index is -0.187. The van der Waals surface area contributed by atoms with Crippen molar-refractivity contribution < 1.29 is 13.6 Å². The summed E-state index contributed by atoms with van der Waals surface area (Å²) in [7, 11) is 0. The van der Waals surface area contributed by atoms with Gasteiger partial charge in [-0.15, -0.1) is 0 Å². The van der Waals surface area contributed by atoms with Crippen LogP contribution in [0.5, 0.6) is 0 Å². The number of benzene rings is 3. The van der Waals surface area contributed by atoms with Crippen molar-refractivity contribution in [2.75, 3.05) is 0 Å². The lowest BCUT2D eigenvalue weighted by Crippen LogP contribution is -2.29. The van der Waals surface area contributed by atoms with Crippen LogP contribution < -0.4 is 0 Å². The lowest BCUT2D eigenvalue weighted by atomic mass is 9.67. The van der Waals surface area contributed by atoms with Crippen molar-refractivity contribution in [1.29, 1.82) is 0 Å². The molecule has 1 aromatic heterocycles. The quantitative estimate of drug-likeness (QED) is 0.347. The fourth-order valence-corrected chi connectivity index (χ4v) is 5.03. The Hall–Kier alpha value is -3.01. The molecule has 0 unspecified atom stereocenters. The zero-order valence-electron chi connectivity index (χ0n) is 16.9. The van der Waals surface area contributed by atoms with E-state index in [1.165, 1.54) is 24.8 Å².